The summed E-state index contributed by atoms with van der Waals surface area (Å²) in [6.45, 7) is 4.48. The highest BCUT2D eigenvalue weighted by Gasteiger charge is 2.13. The molecule has 0 N–H and O–H groups in total. The van der Waals surface area contributed by atoms with Crippen LogP contribution in [0.4, 0.5) is 0 Å². The lowest BCUT2D eigenvalue weighted by molar-refractivity contribution is 1.18. The van der Waals surface area contributed by atoms with Crippen molar-refractivity contribution >= 4 is 49.7 Å². The Morgan fingerprint density at radius 2 is 1.13 bits per heavy atom. The summed E-state index contributed by atoms with van der Waals surface area (Å²) in [5.41, 5.74) is 6.14. The molecule has 0 spiro atoms. The van der Waals surface area contributed by atoms with E-state index >= 15 is 0 Å². The molecular weight excluding hydrogens is 476 g/mol. The number of allylic oxidation sites excluding steroid dienone is 4. The van der Waals surface area contributed by atoms with Crippen molar-refractivity contribution < 1.29 is 0 Å². The summed E-state index contributed by atoms with van der Waals surface area (Å²) < 4.78 is 0. The monoisotopic (exact) mass is 502 g/mol. The van der Waals surface area contributed by atoms with Crippen LogP contribution >= 0.6 is 11.8 Å². The first-order chi connectivity index (χ1) is 18.8. The van der Waals surface area contributed by atoms with Gasteiger partial charge in [-0.1, -0.05) is 134 Å². The van der Waals surface area contributed by atoms with Gasteiger partial charge in [0.1, 0.15) is 0 Å². The molecule has 0 aromatic heterocycles. The van der Waals surface area contributed by atoms with Crippen molar-refractivity contribution in [3.05, 3.63) is 156 Å². The summed E-state index contributed by atoms with van der Waals surface area (Å²) in [5.74, 6) is 0. The van der Waals surface area contributed by atoms with Crippen molar-refractivity contribution in [1.29, 1.82) is 0 Å². The summed E-state index contributed by atoms with van der Waals surface area (Å²) in [4.78, 5) is 2.34. The van der Waals surface area contributed by atoms with Gasteiger partial charge in [0.25, 0.3) is 0 Å². The molecule has 1 heterocycles. The molecule has 0 bridgehead atoms. The minimum absolute atomic E-state index is 0.931. The molecule has 38 heavy (non-hydrogen) atoms. The molecule has 0 saturated heterocycles. The average molecular weight is 503 g/mol. The number of benzene rings is 6. The molecular formula is C37H26S. The number of thioether (sulfide) groups is 1. The van der Waals surface area contributed by atoms with Gasteiger partial charge in [-0.05, 0) is 84.8 Å². The van der Waals surface area contributed by atoms with E-state index in [2.05, 4.69) is 140 Å². The van der Waals surface area contributed by atoms with E-state index in [0.29, 0.717) is 0 Å². The second-order valence-corrected chi connectivity index (χ2v) is 10.9. The van der Waals surface area contributed by atoms with Gasteiger partial charge in [-0.2, -0.15) is 0 Å². The second-order valence-electron chi connectivity index (χ2n) is 9.78. The zero-order valence-corrected chi connectivity index (χ0v) is 21.8. The van der Waals surface area contributed by atoms with E-state index in [1.165, 1.54) is 65.0 Å². The van der Waals surface area contributed by atoms with Gasteiger partial charge < -0.3 is 0 Å². The van der Waals surface area contributed by atoms with Gasteiger partial charge in [0.15, 0.2) is 0 Å². The van der Waals surface area contributed by atoms with Crippen LogP contribution < -0.4 is 0 Å². The Labute approximate surface area is 227 Å². The van der Waals surface area contributed by atoms with Gasteiger partial charge >= 0.3 is 0 Å². The van der Waals surface area contributed by atoms with Crippen LogP contribution in [0.2, 0.25) is 0 Å². The minimum atomic E-state index is 0.931. The zero-order valence-electron chi connectivity index (χ0n) is 21.0. The SMILES string of the molecule is C=C1Sc2ccccc2C/C=C\C=C/1c1cccc(-c2ccc3c4ccccc4c4ccccc4c3c2)c1. The van der Waals surface area contributed by atoms with E-state index in [0.717, 1.165) is 11.3 Å². The maximum Gasteiger partial charge on any atom is 0.0157 e. The van der Waals surface area contributed by atoms with Gasteiger partial charge in [-0.25, -0.2) is 0 Å². The van der Waals surface area contributed by atoms with E-state index in [-0.39, 0.29) is 0 Å². The first-order valence-corrected chi connectivity index (χ1v) is 13.8. The first kappa shape index (κ1) is 22.8. The number of hydrogen-bond donors (Lipinski definition) is 0. The maximum atomic E-state index is 4.48. The predicted molar refractivity (Wildman–Crippen MR) is 167 cm³/mol. The van der Waals surface area contributed by atoms with Crippen LogP contribution in [0, 0.1) is 0 Å². The zero-order chi connectivity index (χ0) is 25.5. The van der Waals surface area contributed by atoms with Crippen LogP contribution in [-0.4, -0.2) is 0 Å². The summed E-state index contributed by atoms with van der Waals surface area (Å²) in [6, 6.07) is 41.9. The normalized spacial score (nSPS) is 15.9. The Kier molecular flexibility index (Phi) is 5.72. The van der Waals surface area contributed by atoms with Gasteiger partial charge in [0.2, 0.25) is 0 Å². The minimum Gasteiger partial charge on any atom is -0.0898 e. The lowest BCUT2D eigenvalue weighted by Crippen LogP contribution is -1.89. The summed E-state index contributed by atoms with van der Waals surface area (Å²) in [6.07, 6.45) is 7.55. The van der Waals surface area contributed by atoms with Crippen LogP contribution in [0.25, 0.3) is 49.0 Å². The number of hydrogen-bond acceptors (Lipinski definition) is 1. The van der Waals surface area contributed by atoms with Crippen LogP contribution in [0.15, 0.2) is 150 Å². The highest BCUT2D eigenvalue weighted by atomic mass is 32.2. The lowest BCUT2D eigenvalue weighted by Gasteiger charge is -2.14. The first-order valence-electron chi connectivity index (χ1n) is 13.0. The van der Waals surface area contributed by atoms with Crippen molar-refractivity contribution in [1.82, 2.24) is 0 Å². The molecule has 1 aliphatic rings. The van der Waals surface area contributed by atoms with Crippen LogP contribution in [0.5, 0.6) is 0 Å². The molecule has 7 rings (SSSR count). The highest BCUT2D eigenvalue weighted by Crippen LogP contribution is 2.40. The number of rotatable bonds is 2. The predicted octanol–water partition coefficient (Wildman–Crippen LogP) is 10.6. The molecule has 0 aliphatic carbocycles. The maximum absolute atomic E-state index is 4.48. The van der Waals surface area contributed by atoms with Crippen molar-refractivity contribution in [2.45, 2.75) is 11.3 Å². The average Bonchev–Trinajstić information content (AvgIpc) is 3.05. The van der Waals surface area contributed by atoms with Crippen molar-refractivity contribution in [3.8, 4) is 11.1 Å². The third-order valence-corrected chi connectivity index (χ3v) is 8.58. The summed E-state index contributed by atoms with van der Waals surface area (Å²) in [7, 11) is 0. The summed E-state index contributed by atoms with van der Waals surface area (Å²) >= 11 is 1.77. The Hall–Kier alpha value is -4.33. The highest BCUT2D eigenvalue weighted by molar-refractivity contribution is 8.03. The molecule has 0 nitrogen and oxygen atoms in total. The summed E-state index contributed by atoms with van der Waals surface area (Å²) in [5, 5.41) is 7.81. The Balaban J connectivity index is 1.35. The lowest BCUT2D eigenvalue weighted by atomic mass is 9.91. The molecule has 0 fully saturated rings. The van der Waals surface area contributed by atoms with Crippen LogP contribution in [0.3, 0.4) is 0 Å². The fourth-order valence-electron chi connectivity index (χ4n) is 5.62. The van der Waals surface area contributed by atoms with Gasteiger partial charge in [0.05, 0.1) is 0 Å². The Bertz CT molecular complexity index is 1900. The Morgan fingerprint density at radius 3 is 1.89 bits per heavy atom. The topological polar surface area (TPSA) is 0 Å². The van der Waals surface area contributed by atoms with E-state index in [1.54, 1.807) is 11.8 Å². The molecule has 6 aromatic carbocycles. The van der Waals surface area contributed by atoms with Crippen molar-refractivity contribution in [2.24, 2.45) is 0 Å². The second kappa shape index (κ2) is 9.52. The molecule has 0 amide bonds. The van der Waals surface area contributed by atoms with Gasteiger partial charge in [0, 0.05) is 9.80 Å². The molecule has 0 radical (unpaired) electrons. The van der Waals surface area contributed by atoms with Crippen LogP contribution in [0.1, 0.15) is 11.1 Å². The fourth-order valence-corrected chi connectivity index (χ4v) is 6.61. The van der Waals surface area contributed by atoms with Crippen molar-refractivity contribution in [2.75, 3.05) is 0 Å². The quantitative estimate of drug-likeness (QED) is 0.212. The molecule has 0 unspecified atom stereocenters. The molecule has 0 saturated carbocycles. The third-order valence-electron chi connectivity index (χ3n) is 7.49. The largest absolute Gasteiger partial charge is 0.0898 e. The van der Waals surface area contributed by atoms with E-state index in [1.807, 2.05) is 0 Å². The van der Waals surface area contributed by atoms with Gasteiger partial charge in [-0.15, -0.1) is 0 Å². The number of fused-ring (bicyclic) bond motifs is 7. The fraction of sp³-hybridized carbons (Fsp3) is 0.0270. The smallest absolute Gasteiger partial charge is 0.0157 e. The molecule has 1 heteroatoms. The molecule has 1 aliphatic heterocycles. The molecule has 0 atom stereocenters. The Morgan fingerprint density at radius 1 is 0.526 bits per heavy atom. The standard InChI is InChI=1S/C37H26S/c1-25-30(15-4-2-11-26-12-3-9-20-37(26)38-25)29-14-10-13-27(23-29)28-21-22-35-33-18-6-5-16-31(33)32-17-7-8-19-34(32)36(35)24-28/h2-10,12-24H,1,11H2/b4-2-,30-15+. The molecule has 180 valence electrons. The third kappa shape index (κ3) is 3.97. The molecule has 6 aromatic rings. The van der Waals surface area contributed by atoms with Gasteiger partial charge in [-0.3, -0.25) is 0 Å². The van der Waals surface area contributed by atoms with E-state index < -0.39 is 0 Å². The van der Waals surface area contributed by atoms with Crippen molar-refractivity contribution in [3.63, 3.8) is 0 Å². The van der Waals surface area contributed by atoms with Crippen LogP contribution in [-0.2, 0) is 6.42 Å². The van der Waals surface area contributed by atoms with E-state index in [4.69, 9.17) is 0 Å². The van der Waals surface area contributed by atoms with E-state index in [9.17, 15) is 0 Å².